The molecule has 0 spiro atoms. The van der Waals surface area contributed by atoms with E-state index in [2.05, 4.69) is 67.8 Å². The number of methoxy groups -OCH3 is 1. The number of benzene rings is 2. The summed E-state index contributed by atoms with van der Waals surface area (Å²) >= 11 is 6.28. The zero-order valence-corrected chi connectivity index (χ0v) is 22.9. The van der Waals surface area contributed by atoms with Crippen molar-refractivity contribution in [1.29, 1.82) is 0 Å². The average molecular weight is 758 g/mol. The van der Waals surface area contributed by atoms with Gasteiger partial charge >= 0.3 is 5.97 Å². The van der Waals surface area contributed by atoms with Crippen molar-refractivity contribution in [3.05, 3.63) is 45.6 Å². The molecule has 11 heteroatoms. The highest BCUT2D eigenvalue weighted by Gasteiger charge is 2.22. The molecule has 0 amide bonds. The molecule has 0 saturated carbocycles. The lowest BCUT2D eigenvalue weighted by Crippen LogP contribution is -2.15. The first-order valence-electron chi connectivity index (χ1n) is 8.07. The molecule has 0 atom stereocenters. The first-order valence-corrected chi connectivity index (χ1v) is 12.7. The zero-order valence-electron chi connectivity index (χ0n) is 15.6. The topological polar surface area (TPSA) is 99.1 Å². The molecule has 0 aliphatic heterocycles. The number of ether oxygens (including phenoxy) is 3. The Bertz CT molecular complexity index is 1030. The molecule has 29 heavy (non-hydrogen) atoms. The number of aryl methyl sites for hydroxylation is 2. The van der Waals surface area contributed by atoms with Gasteiger partial charge in [-0.15, -0.1) is 0 Å². The summed E-state index contributed by atoms with van der Waals surface area (Å²) in [4.78, 5) is 12.4. The van der Waals surface area contributed by atoms with Crippen molar-refractivity contribution in [3.8, 4) is 11.5 Å². The fraction of sp³-hybridized carbons (Fsp3) is 0.278. The second-order valence-corrected chi connectivity index (χ2v) is 10.7. The Morgan fingerprint density at radius 2 is 1.62 bits per heavy atom. The minimum atomic E-state index is -4.30. The van der Waals surface area contributed by atoms with Gasteiger partial charge in [-0.3, -0.25) is 4.55 Å². The number of hydrogen-bond acceptors (Lipinski definition) is 6. The van der Waals surface area contributed by atoms with Gasteiger partial charge in [-0.25, -0.2) is 4.79 Å². The quantitative estimate of drug-likeness (QED) is 0.191. The summed E-state index contributed by atoms with van der Waals surface area (Å²) in [6.07, 6.45) is 0. The van der Waals surface area contributed by atoms with Gasteiger partial charge in [0.05, 0.1) is 24.7 Å². The standard InChI is InChI=1S/C18H17I3O7S/c1-9-6-11(7-10(2)17(9)29(23,24)25)27-4-5-28-18(22)14-12(19)8-13(20)16(26-3)15(14)21/h6-8H,4-5H2,1-3H3,(H,23,24,25). The van der Waals surface area contributed by atoms with Gasteiger partial charge in [-0.2, -0.15) is 8.42 Å². The van der Waals surface area contributed by atoms with Crippen LogP contribution in [0.25, 0.3) is 0 Å². The normalized spacial score (nSPS) is 11.3. The van der Waals surface area contributed by atoms with E-state index < -0.39 is 16.1 Å². The van der Waals surface area contributed by atoms with E-state index in [0.717, 1.165) is 7.14 Å². The van der Waals surface area contributed by atoms with Crippen LogP contribution in [0.15, 0.2) is 23.1 Å². The van der Waals surface area contributed by atoms with Crippen LogP contribution in [0, 0.1) is 24.6 Å². The summed E-state index contributed by atoms with van der Waals surface area (Å²) in [7, 11) is -2.75. The number of esters is 1. The van der Waals surface area contributed by atoms with Crippen LogP contribution in [0.2, 0.25) is 0 Å². The maximum atomic E-state index is 12.5. The lowest BCUT2D eigenvalue weighted by Gasteiger charge is -2.14. The average Bonchev–Trinajstić information content (AvgIpc) is 2.56. The Hall–Kier alpha value is -0.390. The van der Waals surface area contributed by atoms with Crippen LogP contribution in [-0.4, -0.2) is 39.3 Å². The Morgan fingerprint density at radius 1 is 1.03 bits per heavy atom. The number of rotatable bonds is 7. The van der Waals surface area contributed by atoms with Crippen LogP contribution in [0.4, 0.5) is 0 Å². The third-order valence-electron chi connectivity index (χ3n) is 3.81. The monoisotopic (exact) mass is 758 g/mol. The van der Waals surface area contributed by atoms with Crippen molar-refractivity contribution in [2.75, 3.05) is 20.3 Å². The summed E-state index contributed by atoms with van der Waals surface area (Å²) in [5, 5.41) is 0. The molecule has 0 aliphatic carbocycles. The van der Waals surface area contributed by atoms with Crippen molar-refractivity contribution in [3.63, 3.8) is 0 Å². The van der Waals surface area contributed by atoms with E-state index in [1.807, 2.05) is 6.07 Å². The van der Waals surface area contributed by atoms with Crippen LogP contribution in [0.3, 0.4) is 0 Å². The largest absolute Gasteiger partial charge is 0.495 e. The van der Waals surface area contributed by atoms with E-state index in [1.165, 1.54) is 12.1 Å². The van der Waals surface area contributed by atoms with Gasteiger partial charge in [0.1, 0.15) is 24.7 Å². The van der Waals surface area contributed by atoms with Gasteiger partial charge in [-0.1, -0.05) is 0 Å². The molecule has 7 nitrogen and oxygen atoms in total. The maximum absolute atomic E-state index is 12.5. The van der Waals surface area contributed by atoms with E-state index in [0.29, 0.717) is 31.8 Å². The molecule has 0 aliphatic rings. The SMILES string of the molecule is COc1c(I)cc(I)c(C(=O)OCCOc2cc(C)c(S(=O)(=O)O)c(C)c2)c1I. The van der Waals surface area contributed by atoms with Crippen molar-refractivity contribution in [1.82, 2.24) is 0 Å². The van der Waals surface area contributed by atoms with E-state index >= 15 is 0 Å². The number of hydrogen-bond donors (Lipinski definition) is 1. The molecule has 0 radical (unpaired) electrons. The third-order valence-corrected chi connectivity index (χ3v) is 7.65. The number of carbonyl (C=O) groups is 1. The number of halogens is 3. The third kappa shape index (κ3) is 6.07. The summed E-state index contributed by atoms with van der Waals surface area (Å²) in [5.74, 6) is 0.564. The van der Waals surface area contributed by atoms with Crippen molar-refractivity contribution >= 4 is 83.9 Å². The van der Waals surface area contributed by atoms with Crippen molar-refractivity contribution < 1.29 is 32.0 Å². The Morgan fingerprint density at radius 3 is 2.14 bits per heavy atom. The highest BCUT2D eigenvalue weighted by atomic mass is 127. The van der Waals surface area contributed by atoms with Crippen LogP contribution >= 0.6 is 67.8 Å². The molecular weight excluding hydrogens is 741 g/mol. The fourth-order valence-electron chi connectivity index (χ4n) is 2.71. The summed E-state index contributed by atoms with van der Waals surface area (Å²) < 4.78 is 50.7. The predicted molar refractivity (Wildman–Crippen MR) is 133 cm³/mol. The second kappa shape index (κ2) is 10.3. The van der Waals surface area contributed by atoms with Crippen molar-refractivity contribution in [2.45, 2.75) is 18.7 Å². The van der Waals surface area contributed by atoms with E-state index in [-0.39, 0.29) is 18.1 Å². The molecule has 158 valence electrons. The van der Waals surface area contributed by atoms with E-state index in [9.17, 15) is 17.8 Å². The van der Waals surface area contributed by atoms with E-state index in [4.69, 9.17) is 14.2 Å². The molecule has 0 heterocycles. The van der Waals surface area contributed by atoms with Crippen LogP contribution in [0.5, 0.6) is 11.5 Å². The Balaban J connectivity index is 2.04. The van der Waals surface area contributed by atoms with Gasteiger partial charge < -0.3 is 14.2 Å². The zero-order chi connectivity index (χ0) is 21.9. The molecule has 0 fully saturated rings. The molecule has 2 aromatic carbocycles. The predicted octanol–water partition coefficient (Wildman–Crippen LogP) is 4.61. The van der Waals surface area contributed by atoms with Crippen molar-refractivity contribution in [2.24, 2.45) is 0 Å². The van der Waals surface area contributed by atoms with Gasteiger partial charge in [-0.05, 0) is 111 Å². The Labute approximate surface area is 210 Å². The molecule has 0 unspecified atom stereocenters. The first kappa shape index (κ1) is 24.9. The molecule has 1 N–H and O–H groups in total. The van der Waals surface area contributed by atoms with Gasteiger partial charge in [0.25, 0.3) is 10.1 Å². The van der Waals surface area contributed by atoms with Crippen LogP contribution in [-0.2, 0) is 14.9 Å². The first-order chi connectivity index (χ1) is 13.5. The molecular formula is C18H17I3O7S. The lowest BCUT2D eigenvalue weighted by atomic mass is 10.1. The highest BCUT2D eigenvalue weighted by molar-refractivity contribution is 14.1. The fourth-order valence-corrected chi connectivity index (χ4v) is 7.90. The molecule has 2 rings (SSSR count). The molecule has 0 saturated heterocycles. The van der Waals surface area contributed by atoms with Gasteiger partial charge in [0.2, 0.25) is 0 Å². The van der Waals surface area contributed by atoms with Gasteiger partial charge in [0.15, 0.2) is 0 Å². The molecule has 0 bridgehead atoms. The van der Waals surface area contributed by atoms with E-state index in [1.54, 1.807) is 21.0 Å². The minimum Gasteiger partial charge on any atom is -0.495 e. The molecule has 2 aromatic rings. The smallest absolute Gasteiger partial charge is 0.340 e. The second-order valence-electron chi connectivity index (χ2n) is 5.91. The summed E-state index contributed by atoms with van der Waals surface area (Å²) in [6, 6.07) is 4.86. The summed E-state index contributed by atoms with van der Waals surface area (Å²) in [5.41, 5.74) is 1.18. The summed E-state index contributed by atoms with van der Waals surface area (Å²) in [6.45, 7) is 3.23. The molecule has 0 aromatic heterocycles. The highest BCUT2D eigenvalue weighted by Crippen LogP contribution is 2.33. The van der Waals surface area contributed by atoms with Gasteiger partial charge in [0, 0.05) is 3.57 Å². The maximum Gasteiger partial charge on any atom is 0.340 e. The van der Waals surface area contributed by atoms with Crippen LogP contribution in [0.1, 0.15) is 21.5 Å². The van der Waals surface area contributed by atoms with Crippen LogP contribution < -0.4 is 9.47 Å². The minimum absolute atomic E-state index is 0.0113. The number of carbonyl (C=O) groups excluding carboxylic acids is 1. The Kier molecular flexibility index (Phi) is 8.82. The lowest BCUT2D eigenvalue weighted by molar-refractivity contribution is 0.0447.